The van der Waals surface area contributed by atoms with Gasteiger partial charge in [0.25, 0.3) is 0 Å². The number of amides is 1. The van der Waals surface area contributed by atoms with Crippen LogP contribution in [0.15, 0.2) is 60.8 Å². The third kappa shape index (κ3) is 9.12. The highest BCUT2D eigenvalue weighted by molar-refractivity contribution is 5.87. The highest BCUT2D eigenvalue weighted by atomic mass is 16.4. The Morgan fingerprint density at radius 3 is 2.71 bits per heavy atom. The lowest BCUT2D eigenvalue weighted by atomic mass is 9.71. The molecular formula is C27H39NO3. The fourth-order valence-corrected chi connectivity index (χ4v) is 4.43. The van der Waals surface area contributed by atoms with Gasteiger partial charge in [0.1, 0.15) is 0 Å². The molecule has 2 rings (SSSR count). The minimum absolute atomic E-state index is 0.0308. The average Bonchev–Trinajstić information content (AvgIpc) is 3.23. The second kappa shape index (κ2) is 13.8. The van der Waals surface area contributed by atoms with Crippen molar-refractivity contribution in [2.75, 3.05) is 6.54 Å². The summed E-state index contributed by atoms with van der Waals surface area (Å²) in [5.74, 6) is 1.88. The SMILES string of the molecule is CCC(C)CNC(=O)/C=C/C=C\[C@H]1[C@H]2CCC[C@@H]2C=C[C@H]1/C=C/C=C/CCCC(=O)O. The van der Waals surface area contributed by atoms with Crippen LogP contribution in [0, 0.1) is 29.6 Å². The largest absolute Gasteiger partial charge is 0.481 e. The van der Waals surface area contributed by atoms with E-state index in [0.29, 0.717) is 36.0 Å². The Hall–Kier alpha value is -2.36. The first-order chi connectivity index (χ1) is 15.0. The van der Waals surface area contributed by atoms with Gasteiger partial charge in [0.2, 0.25) is 5.91 Å². The van der Waals surface area contributed by atoms with Crippen LogP contribution in [0.3, 0.4) is 0 Å². The standard InChI is InChI=1S/C27H39NO3/c1-3-21(2)20-28-26(29)16-10-9-14-24-22(18-19-23-13-11-15-25(23)24)12-7-5-4-6-8-17-27(30)31/h4-5,7,9-10,12,14,16,18-19,21-25H,3,6,8,11,13,15,17,20H2,1-2H3,(H,28,29)(H,30,31)/b5-4+,12-7+,14-9-,16-10+/t21?,22-,23-,24-,25+/m1/s1. The number of fused-ring (bicyclic) bond motifs is 1. The number of carboxylic acids is 1. The Morgan fingerprint density at radius 1 is 1.13 bits per heavy atom. The van der Waals surface area contributed by atoms with Crippen molar-refractivity contribution in [1.82, 2.24) is 5.32 Å². The van der Waals surface area contributed by atoms with E-state index in [1.54, 1.807) is 6.08 Å². The van der Waals surface area contributed by atoms with Gasteiger partial charge in [-0.3, -0.25) is 9.59 Å². The van der Waals surface area contributed by atoms with E-state index in [2.05, 4.69) is 49.5 Å². The summed E-state index contributed by atoms with van der Waals surface area (Å²) in [5, 5.41) is 11.6. The van der Waals surface area contributed by atoms with Crippen LogP contribution in [0.25, 0.3) is 0 Å². The highest BCUT2D eigenvalue weighted by Crippen LogP contribution is 2.45. The van der Waals surface area contributed by atoms with Gasteiger partial charge in [-0.25, -0.2) is 0 Å². The van der Waals surface area contributed by atoms with Gasteiger partial charge in [-0.15, -0.1) is 0 Å². The van der Waals surface area contributed by atoms with Crippen LogP contribution in [0.5, 0.6) is 0 Å². The second-order valence-corrected chi connectivity index (χ2v) is 8.90. The quantitative estimate of drug-likeness (QED) is 0.178. The van der Waals surface area contributed by atoms with Crippen LogP contribution >= 0.6 is 0 Å². The van der Waals surface area contributed by atoms with Gasteiger partial charge in [0.15, 0.2) is 0 Å². The summed E-state index contributed by atoms with van der Waals surface area (Å²) in [7, 11) is 0. The first kappa shape index (κ1) is 24.9. The van der Waals surface area contributed by atoms with Crippen LogP contribution < -0.4 is 5.32 Å². The van der Waals surface area contributed by atoms with Gasteiger partial charge in [-0.2, -0.15) is 0 Å². The van der Waals surface area contributed by atoms with Gasteiger partial charge >= 0.3 is 5.97 Å². The van der Waals surface area contributed by atoms with Crippen molar-refractivity contribution >= 4 is 11.9 Å². The lowest BCUT2D eigenvalue weighted by Crippen LogP contribution is -2.26. The van der Waals surface area contributed by atoms with Crippen molar-refractivity contribution in [1.29, 1.82) is 0 Å². The van der Waals surface area contributed by atoms with Gasteiger partial charge < -0.3 is 10.4 Å². The smallest absolute Gasteiger partial charge is 0.303 e. The Morgan fingerprint density at radius 2 is 1.94 bits per heavy atom. The summed E-state index contributed by atoms with van der Waals surface area (Å²) in [5.41, 5.74) is 0. The monoisotopic (exact) mass is 425 g/mol. The zero-order valence-corrected chi connectivity index (χ0v) is 19.1. The minimum Gasteiger partial charge on any atom is -0.481 e. The molecule has 1 fully saturated rings. The molecule has 1 saturated carbocycles. The average molecular weight is 426 g/mol. The van der Waals surface area contributed by atoms with Crippen molar-refractivity contribution in [2.24, 2.45) is 29.6 Å². The van der Waals surface area contributed by atoms with Crippen molar-refractivity contribution in [3.63, 3.8) is 0 Å². The third-order valence-corrected chi connectivity index (χ3v) is 6.50. The molecule has 0 heterocycles. The highest BCUT2D eigenvalue weighted by Gasteiger charge is 2.36. The summed E-state index contributed by atoms with van der Waals surface area (Å²) in [6.07, 6.45) is 27.5. The molecule has 0 aromatic carbocycles. The molecule has 0 saturated heterocycles. The van der Waals surface area contributed by atoms with Crippen molar-refractivity contribution in [3.8, 4) is 0 Å². The number of rotatable bonds is 12. The summed E-state index contributed by atoms with van der Waals surface area (Å²) >= 11 is 0. The number of aliphatic carboxylic acids is 1. The molecule has 31 heavy (non-hydrogen) atoms. The maximum absolute atomic E-state index is 12.0. The predicted octanol–water partition coefficient (Wildman–Crippen LogP) is 5.85. The second-order valence-electron chi connectivity index (χ2n) is 8.90. The van der Waals surface area contributed by atoms with Crippen LogP contribution in [-0.4, -0.2) is 23.5 Å². The van der Waals surface area contributed by atoms with E-state index in [9.17, 15) is 9.59 Å². The molecule has 0 radical (unpaired) electrons. The summed E-state index contributed by atoms with van der Waals surface area (Å²) < 4.78 is 0. The first-order valence-electron chi connectivity index (χ1n) is 11.9. The Balaban J connectivity index is 1.91. The Kier molecular flexibility index (Phi) is 11.1. The number of hydrogen-bond acceptors (Lipinski definition) is 2. The van der Waals surface area contributed by atoms with Crippen molar-refractivity contribution in [2.45, 2.75) is 58.8 Å². The van der Waals surface area contributed by atoms with E-state index in [-0.39, 0.29) is 12.3 Å². The molecule has 1 amide bonds. The van der Waals surface area contributed by atoms with Crippen molar-refractivity contribution < 1.29 is 14.7 Å². The zero-order valence-electron chi connectivity index (χ0n) is 19.1. The molecule has 4 heteroatoms. The number of unbranched alkanes of at least 4 members (excludes halogenated alkanes) is 1. The number of carboxylic acid groups (broad SMARTS) is 1. The minimum atomic E-state index is -0.737. The molecule has 0 aliphatic heterocycles. The lowest BCUT2D eigenvalue weighted by molar-refractivity contribution is -0.137. The Labute approximate surface area is 187 Å². The lowest BCUT2D eigenvalue weighted by Gasteiger charge is -2.33. The van der Waals surface area contributed by atoms with E-state index < -0.39 is 5.97 Å². The number of nitrogens with one attached hydrogen (secondary N) is 1. The van der Waals surface area contributed by atoms with Gasteiger partial charge in [0.05, 0.1) is 0 Å². The normalized spacial score (nSPS) is 26.9. The third-order valence-electron chi connectivity index (χ3n) is 6.50. The van der Waals surface area contributed by atoms with Crippen LogP contribution in [0.1, 0.15) is 58.8 Å². The van der Waals surface area contributed by atoms with E-state index in [1.165, 1.54) is 19.3 Å². The molecule has 4 nitrogen and oxygen atoms in total. The molecule has 2 aliphatic carbocycles. The predicted molar refractivity (Wildman–Crippen MR) is 127 cm³/mol. The van der Waals surface area contributed by atoms with Gasteiger partial charge in [-0.05, 0) is 49.4 Å². The topological polar surface area (TPSA) is 66.4 Å². The number of hydrogen-bond donors (Lipinski definition) is 2. The summed E-state index contributed by atoms with van der Waals surface area (Å²) in [4.78, 5) is 22.5. The first-order valence-corrected chi connectivity index (χ1v) is 11.9. The number of carbonyl (C=O) groups excluding carboxylic acids is 1. The van der Waals surface area contributed by atoms with Crippen LogP contribution in [0.2, 0.25) is 0 Å². The van der Waals surface area contributed by atoms with Crippen molar-refractivity contribution in [3.05, 3.63) is 60.8 Å². The molecule has 2 N–H and O–H groups in total. The molecule has 5 atom stereocenters. The van der Waals surface area contributed by atoms with Crippen LogP contribution in [0.4, 0.5) is 0 Å². The van der Waals surface area contributed by atoms with E-state index in [1.807, 2.05) is 24.3 Å². The molecule has 2 aliphatic rings. The molecular weight excluding hydrogens is 386 g/mol. The van der Waals surface area contributed by atoms with Gasteiger partial charge in [0, 0.05) is 25.0 Å². The maximum atomic E-state index is 12.0. The maximum Gasteiger partial charge on any atom is 0.303 e. The molecule has 0 bridgehead atoms. The summed E-state index contributed by atoms with van der Waals surface area (Å²) in [6, 6.07) is 0. The summed E-state index contributed by atoms with van der Waals surface area (Å²) in [6.45, 7) is 4.99. The fraction of sp³-hybridized carbons (Fsp3) is 0.556. The van der Waals surface area contributed by atoms with E-state index in [4.69, 9.17) is 5.11 Å². The van der Waals surface area contributed by atoms with Gasteiger partial charge in [-0.1, -0.05) is 81.4 Å². The molecule has 170 valence electrons. The zero-order chi connectivity index (χ0) is 22.5. The van der Waals surface area contributed by atoms with E-state index in [0.717, 1.165) is 19.4 Å². The molecule has 1 unspecified atom stereocenters. The molecule has 0 spiro atoms. The van der Waals surface area contributed by atoms with E-state index >= 15 is 0 Å². The molecule has 0 aromatic heterocycles. The van der Waals surface area contributed by atoms with Crippen LogP contribution in [-0.2, 0) is 9.59 Å². The Bertz CT molecular complexity index is 716. The molecule has 0 aromatic rings. The number of carbonyl (C=O) groups is 2. The fourth-order valence-electron chi connectivity index (χ4n) is 4.43. The number of allylic oxidation sites excluding steroid dienone is 9.